The maximum atomic E-state index is 13.7. The van der Waals surface area contributed by atoms with Gasteiger partial charge in [-0.15, -0.1) is 0 Å². The maximum absolute atomic E-state index is 13.7. The molecule has 2 bridgehead atoms. The molecule has 7 rings (SSSR count). The van der Waals surface area contributed by atoms with Gasteiger partial charge in [0.1, 0.15) is 12.4 Å². The van der Waals surface area contributed by atoms with E-state index in [0.29, 0.717) is 28.8 Å². The molecule has 5 aliphatic rings. The lowest BCUT2D eigenvalue weighted by molar-refractivity contribution is -0.140. The molecule has 3 amide bonds. The Kier molecular flexibility index (Phi) is 4.47. The molecule has 0 spiro atoms. The summed E-state index contributed by atoms with van der Waals surface area (Å²) in [6.07, 6.45) is 5.44. The zero-order valence-corrected chi connectivity index (χ0v) is 18.7. The van der Waals surface area contributed by atoms with Crippen molar-refractivity contribution in [1.29, 1.82) is 0 Å². The van der Waals surface area contributed by atoms with Crippen LogP contribution in [0, 0.1) is 42.4 Å². The summed E-state index contributed by atoms with van der Waals surface area (Å²) in [5.41, 5.74) is 1.97. The van der Waals surface area contributed by atoms with Crippen molar-refractivity contribution in [1.82, 2.24) is 4.90 Å². The van der Waals surface area contributed by atoms with Gasteiger partial charge in [-0.05, 0) is 60.8 Å². The van der Waals surface area contributed by atoms with Gasteiger partial charge in [-0.25, -0.2) is 0 Å². The molecule has 2 saturated carbocycles. The highest BCUT2D eigenvalue weighted by Crippen LogP contribution is 2.65. The van der Waals surface area contributed by atoms with Gasteiger partial charge in [0.15, 0.2) is 0 Å². The summed E-state index contributed by atoms with van der Waals surface area (Å²) in [5.74, 6) is 0.912. The van der Waals surface area contributed by atoms with Gasteiger partial charge in [0.05, 0.1) is 18.9 Å². The van der Waals surface area contributed by atoms with E-state index in [2.05, 4.69) is 12.2 Å². The Morgan fingerprint density at radius 3 is 2.30 bits per heavy atom. The van der Waals surface area contributed by atoms with E-state index in [1.165, 1.54) is 9.80 Å². The summed E-state index contributed by atoms with van der Waals surface area (Å²) in [6.45, 7) is 1.78. The largest absolute Gasteiger partial charge is 0.497 e. The fraction of sp³-hybridized carbons (Fsp3) is 0.370. The van der Waals surface area contributed by atoms with Crippen molar-refractivity contribution in [3.05, 3.63) is 71.8 Å². The van der Waals surface area contributed by atoms with Crippen LogP contribution in [0.15, 0.2) is 60.7 Å². The second-order valence-corrected chi connectivity index (χ2v) is 9.65. The topological polar surface area (TPSA) is 66.9 Å². The monoisotopic (exact) mass is 442 g/mol. The SMILES string of the molecule is COc1cccc(N(CN2C(=O)C3C4C=CC(C5CC45)C3C2=O)C(=O)c2ccccc2C)c1. The number of rotatable bonds is 5. The number of allylic oxidation sites excluding steroid dienone is 2. The molecule has 0 radical (unpaired) electrons. The Hall–Kier alpha value is -3.41. The number of ether oxygens (including phenoxy) is 1. The zero-order chi connectivity index (χ0) is 22.9. The van der Waals surface area contributed by atoms with E-state index in [1.807, 2.05) is 25.1 Å². The molecular weight excluding hydrogens is 416 g/mol. The van der Waals surface area contributed by atoms with Crippen molar-refractivity contribution in [3.63, 3.8) is 0 Å². The number of hydrogen-bond acceptors (Lipinski definition) is 4. The third-order valence-electron chi connectivity index (χ3n) is 8.02. The zero-order valence-electron chi connectivity index (χ0n) is 18.7. The Morgan fingerprint density at radius 2 is 1.67 bits per heavy atom. The summed E-state index contributed by atoms with van der Waals surface area (Å²) < 4.78 is 5.36. The van der Waals surface area contributed by atoms with Crippen LogP contribution in [-0.4, -0.2) is 36.4 Å². The quantitative estimate of drug-likeness (QED) is 0.524. The predicted molar refractivity (Wildman–Crippen MR) is 122 cm³/mol. The fourth-order valence-electron chi connectivity index (χ4n) is 6.30. The molecule has 33 heavy (non-hydrogen) atoms. The summed E-state index contributed by atoms with van der Waals surface area (Å²) in [6, 6.07) is 14.5. The van der Waals surface area contributed by atoms with Gasteiger partial charge in [-0.3, -0.25) is 24.2 Å². The van der Waals surface area contributed by atoms with Gasteiger partial charge >= 0.3 is 0 Å². The van der Waals surface area contributed by atoms with Gasteiger partial charge in [-0.2, -0.15) is 0 Å². The predicted octanol–water partition coefficient (Wildman–Crippen LogP) is 3.66. The molecule has 6 heteroatoms. The molecule has 1 heterocycles. The lowest BCUT2D eigenvalue weighted by Crippen LogP contribution is -2.45. The second kappa shape index (κ2) is 7.30. The van der Waals surface area contributed by atoms with Crippen LogP contribution < -0.4 is 9.64 Å². The minimum Gasteiger partial charge on any atom is -0.497 e. The number of hydrogen-bond donors (Lipinski definition) is 0. The standard InChI is InChI=1S/C27H26N2O4/c1-15-6-3-4-9-18(15)25(30)28(16-7-5-8-17(12-16)33-2)14-29-26(31)23-19-10-11-20(22-13-21(19)22)24(23)27(29)32/h3-12,19-24H,13-14H2,1-2H3. The number of amides is 3. The third-order valence-corrected chi connectivity index (χ3v) is 8.02. The summed E-state index contributed by atoms with van der Waals surface area (Å²) >= 11 is 0. The van der Waals surface area contributed by atoms with Gasteiger partial charge in [0.2, 0.25) is 11.8 Å². The van der Waals surface area contributed by atoms with Crippen molar-refractivity contribution < 1.29 is 19.1 Å². The average Bonchev–Trinajstić information content (AvgIpc) is 3.62. The number of nitrogens with zero attached hydrogens (tertiary/aromatic N) is 2. The minimum atomic E-state index is -0.281. The number of likely N-dealkylation sites (tertiary alicyclic amines) is 1. The Labute approximate surface area is 192 Å². The van der Waals surface area contributed by atoms with Crippen LogP contribution >= 0.6 is 0 Å². The number of imide groups is 1. The van der Waals surface area contributed by atoms with Gasteiger partial charge in [-0.1, -0.05) is 36.4 Å². The smallest absolute Gasteiger partial charge is 0.260 e. The molecule has 2 aromatic carbocycles. The number of carbonyl (C=O) groups is 3. The molecule has 1 saturated heterocycles. The van der Waals surface area contributed by atoms with E-state index >= 15 is 0 Å². The molecule has 6 atom stereocenters. The molecule has 0 N–H and O–H groups in total. The maximum Gasteiger partial charge on any atom is 0.260 e. The Morgan fingerprint density at radius 1 is 1.00 bits per heavy atom. The van der Waals surface area contributed by atoms with Crippen LogP contribution in [0.2, 0.25) is 0 Å². The number of carbonyl (C=O) groups excluding carboxylic acids is 3. The van der Waals surface area contributed by atoms with E-state index < -0.39 is 0 Å². The van der Waals surface area contributed by atoms with E-state index in [1.54, 1.807) is 37.4 Å². The molecular formula is C27H26N2O4. The number of methoxy groups -OCH3 is 1. The van der Waals surface area contributed by atoms with Crippen LogP contribution in [0.25, 0.3) is 0 Å². The van der Waals surface area contributed by atoms with E-state index in [0.717, 1.165) is 12.0 Å². The van der Waals surface area contributed by atoms with Crippen molar-refractivity contribution in [2.45, 2.75) is 13.3 Å². The van der Waals surface area contributed by atoms with Crippen LogP contribution in [0.1, 0.15) is 22.3 Å². The van der Waals surface area contributed by atoms with Gasteiger partial charge in [0, 0.05) is 17.3 Å². The van der Waals surface area contributed by atoms with Crippen LogP contribution in [0.5, 0.6) is 5.75 Å². The normalized spacial score (nSPS) is 30.8. The first-order valence-electron chi connectivity index (χ1n) is 11.5. The van der Waals surface area contributed by atoms with E-state index in [9.17, 15) is 14.4 Å². The average molecular weight is 443 g/mol. The van der Waals surface area contributed by atoms with Crippen molar-refractivity contribution in [2.75, 3.05) is 18.7 Å². The summed E-state index contributed by atoms with van der Waals surface area (Å²) in [4.78, 5) is 43.6. The molecule has 3 fully saturated rings. The summed E-state index contributed by atoms with van der Waals surface area (Å²) in [5, 5.41) is 0. The highest BCUT2D eigenvalue weighted by Gasteiger charge is 2.67. The fourth-order valence-corrected chi connectivity index (χ4v) is 6.30. The number of benzene rings is 2. The molecule has 6 unspecified atom stereocenters. The second-order valence-electron chi connectivity index (χ2n) is 9.65. The van der Waals surface area contributed by atoms with Crippen molar-refractivity contribution in [3.8, 4) is 5.75 Å². The number of anilines is 1. The third kappa shape index (κ3) is 2.96. The summed E-state index contributed by atoms with van der Waals surface area (Å²) in [7, 11) is 1.57. The highest BCUT2D eigenvalue weighted by molar-refractivity contribution is 6.10. The molecule has 168 valence electrons. The molecule has 4 aliphatic carbocycles. The van der Waals surface area contributed by atoms with Gasteiger partial charge < -0.3 is 4.74 Å². The lowest BCUT2D eigenvalue weighted by atomic mass is 9.63. The van der Waals surface area contributed by atoms with E-state index in [-0.39, 0.29) is 48.1 Å². The minimum absolute atomic E-state index is 0.0974. The number of aryl methyl sites for hydroxylation is 1. The first-order chi connectivity index (χ1) is 16.0. The van der Waals surface area contributed by atoms with Crippen LogP contribution in [-0.2, 0) is 9.59 Å². The van der Waals surface area contributed by atoms with Crippen LogP contribution in [0.3, 0.4) is 0 Å². The first-order valence-corrected chi connectivity index (χ1v) is 11.5. The van der Waals surface area contributed by atoms with Crippen molar-refractivity contribution in [2.24, 2.45) is 35.5 Å². The molecule has 2 aromatic rings. The molecule has 0 aromatic heterocycles. The van der Waals surface area contributed by atoms with Crippen molar-refractivity contribution >= 4 is 23.4 Å². The first kappa shape index (κ1) is 20.2. The Balaban J connectivity index is 1.36. The Bertz CT molecular complexity index is 1170. The van der Waals surface area contributed by atoms with Gasteiger partial charge in [0.25, 0.3) is 5.91 Å². The molecule has 1 aliphatic heterocycles. The molecule has 6 nitrogen and oxygen atoms in total. The van der Waals surface area contributed by atoms with Crippen LogP contribution in [0.4, 0.5) is 5.69 Å². The highest BCUT2D eigenvalue weighted by atomic mass is 16.5. The lowest BCUT2D eigenvalue weighted by Gasteiger charge is -2.37. The van der Waals surface area contributed by atoms with E-state index in [4.69, 9.17) is 4.74 Å².